The van der Waals surface area contributed by atoms with Crippen molar-refractivity contribution in [3.05, 3.63) is 77.6 Å². The molecule has 1 aliphatic heterocycles. The Morgan fingerprint density at radius 3 is 2.84 bits per heavy atom. The van der Waals surface area contributed by atoms with Gasteiger partial charge in [0.2, 0.25) is 0 Å². The monoisotopic (exact) mass is 428 g/mol. The van der Waals surface area contributed by atoms with Crippen molar-refractivity contribution >= 4 is 16.7 Å². The van der Waals surface area contributed by atoms with Gasteiger partial charge in [0, 0.05) is 25.2 Å². The van der Waals surface area contributed by atoms with Crippen molar-refractivity contribution in [2.24, 2.45) is 4.99 Å². The largest absolute Gasteiger partial charge is 0.416 e. The molecule has 0 aliphatic carbocycles. The summed E-state index contributed by atoms with van der Waals surface area (Å²) in [5, 5.41) is 5.51. The number of rotatable bonds is 3. The number of benzene rings is 2. The zero-order chi connectivity index (χ0) is 21.8. The van der Waals surface area contributed by atoms with Crippen molar-refractivity contribution in [1.29, 1.82) is 0 Å². The van der Waals surface area contributed by atoms with Gasteiger partial charge in [-0.2, -0.15) is 13.2 Å². The van der Waals surface area contributed by atoms with Crippen molar-refractivity contribution in [3.63, 3.8) is 0 Å². The number of pyridine rings is 1. The number of aliphatic imine (C=N–C) groups is 1. The van der Waals surface area contributed by atoms with E-state index in [1.54, 1.807) is 19.3 Å². The van der Waals surface area contributed by atoms with Crippen LogP contribution in [0, 0.1) is 0 Å². The highest BCUT2D eigenvalue weighted by atomic mass is 19.4. The second kappa shape index (κ2) is 8.93. The van der Waals surface area contributed by atoms with E-state index in [9.17, 15) is 13.2 Å². The Labute approximate surface area is 178 Å². The topological polar surface area (TPSA) is 49.8 Å². The number of halogens is 3. The molecule has 1 atom stereocenters. The molecule has 1 aromatic heterocycles. The molecule has 1 N–H and O–H groups in total. The maximum atomic E-state index is 13.1. The quantitative estimate of drug-likeness (QED) is 0.496. The lowest BCUT2D eigenvalue weighted by Crippen LogP contribution is -2.48. The van der Waals surface area contributed by atoms with Gasteiger partial charge >= 0.3 is 6.18 Å². The van der Waals surface area contributed by atoms with Crippen LogP contribution in [0.2, 0.25) is 0 Å². The summed E-state index contributed by atoms with van der Waals surface area (Å²) in [4.78, 5) is 10.8. The van der Waals surface area contributed by atoms with E-state index >= 15 is 0 Å². The van der Waals surface area contributed by atoms with Gasteiger partial charge in [-0.1, -0.05) is 36.4 Å². The van der Waals surface area contributed by atoms with E-state index in [4.69, 9.17) is 4.74 Å². The van der Waals surface area contributed by atoms with Crippen LogP contribution in [0.1, 0.15) is 22.9 Å². The molecule has 5 nitrogen and oxygen atoms in total. The average molecular weight is 428 g/mol. The molecule has 1 fully saturated rings. The molecule has 2 aromatic carbocycles. The number of morpholine rings is 1. The zero-order valence-corrected chi connectivity index (χ0v) is 17.1. The number of hydrogen-bond acceptors (Lipinski definition) is 3. The van der Waals surface area contributed by atoms with Crippen LogP contribution in [-0.4, -0.2) is 42.6 Å². The first kappa shape index (κ1) is 21.1. The summed E-state index contributed by atoms with van der Waals surface area (Å²) in [6.45, 7) is 1.88. The summed E-state index contributed by atoms with van der Waals surface area (Å²) in [5.41, 5.74) is 0.739. The molecule has 0 spiro atoms. The van der Waals surface area contributed by atoms with E-state index in [0.29, 0.717) is 37.8 Å². The third kappa shape index (κ3) is 4.80. The summed E-state index contributed by atoms with van der Waals surface area (Å²) < 4.78 is 45.0. The van der Waals surface area contributed by atoms with Gasteiger partial charge in [-0.05, 0) is 29.1 Å². The summed E-state index contributed by atoms with van der Waals surface area (Å²) in [6, 6.07) is 15.3. The van der Waals surface area contributed by atoms with Gasteiger partial charge in [-0.3, -0.25) is 9.98 Å². The summed E-state index contributed by atoms with van der Waals surface area (Å²) in [7, 11) is 1.69. The Hall–Kier alpha value is -3.13. The van der Waals surface area contributed by atoms with E-state index in [1.807, 2.05) is 35.2 Å². The van der Waals surface area contributed by atoms with Gasteiger partial charge in [-0.15, -0.1) is 0 Å². The number of aromatic nitrogens is 1. The van der Waals surface area contributed by atoms with Crippen LogP contribution in [0.25, 0.3) is 10.8 Å². The lowest BCUT2D eigenvalue weighted by molar-refractivity contribution is -0.137. The first-order valence-electron chi connectivity index (χ1n) is 10.0. The van der Waals surface area contributed by atoms with Gasteiger partial charge in [0.15, 0.2) is 5.96 Å². The normalized spacial score (nSPS) is 17.7. The molecule has 2 heterocycles. The molecule has 3 aromatic rings. The Kier molecular flexibility index (Phi) is 6.08. The Morgan fingerprint density at radius 2 is 2.03 bits per heavy atom. The fraction of sp³-hybridized carbons (Fsp3) is 0.304. The molecule has 1 aliphatic rings. The van der Waals surface area contributed by atoms with E-state index in [2.05, 4.69) is 15.3 Å². The maximum Gasteiger partial charge on any atom is 0.416 e. The van der Waals surface area contributed by atoms with Crippen molar-refractivity contribution < 1.29 is 17.9 Å². The zero-order valence-electron chi connectivity index (χ0n) is 17.1. The molecular weight excluding hydrogens is 405 g/mol. The molecule has 8 heteroatoms. The minimum Gasteiger partial charge on any atom is -0.370 e. The highest BCUT2D eigenvalue weighted by Crippen LogP contribution is 2.32. The molecule has 4 rings (SSSR count). The average Bonchev–Trinajstić information content (AvgIpc) is 2.79. The molecule has 0 bridgehead atoms. The molecule has 31 heavy (non-hydrogen) atoms. The van der Waals surface area contributed by atoms with Crippen molar-refractivity contribution in [1.82, 2.24) is 15.2 Å². The van der Waals surface area contributed by atoms with Gasteiger partial charge in [0.25, 0.3) is 0 Å². The van der Waals surface area contributed by atoms with Crippen LogP contribution in [0.4, 0.5) is 13.2 Å². The number of hydrogen-bond donors (Lipinski definition) is 1. The van der Waals surface area contributed by atoms with Crippen LogP contribution in [-0.2, 0) is 17.5 Å². The first-order chi connectivity index (χ1) is 15.0. The van der Waals surface area contributed by atoms with Crippen molar-refractivity contribution in [3.8, 4) is 0 Å². The Balaban J connectivity index is 1.47. The number of guanidine groups is 1. The lowest BCUT2D eigenvalue weighted by atomic mass is 10.0. The highest BCUT2D eigenvalue weighted by Gasteiger charge is 2.32. The molecule has 162 valence electrons. The van der Waals surface area contributed by atoms with Crippen molar-refractivity contribution in [2.45, 2.75) is 18.8 Å². The highest BCUT2D eigenvalue weighted by molar-refractivity contribution is 5.85. The second-order valence-electron chi connectivity index (χ2n) is 7.31. The van der Waals surface area contributed by atoms with E-state index in [0.717, 1.165) is 28.6 Å². The van der Waals surface area contributed by atoms with Crippen LogP contribution >= 0.6 is 0 Å². The fourth-order valence-electron chi connectivity index (χ4n) is 3.78. The summed E-state index contributed by atoms with van der Waals surface area (Å²) in [5.74, 6) is 0.662. The van der Waals surface area contributed by atoms with Crippen LogP contribution in [0.3, 0.4) is 0 Å². The minimum absolute atomic E-state index is 0.397. The number of ether oxygens (including phenoxy) is 1. The van der Waals surface area contributed by atoms with E-state index < -0.39 is 17.8 Å². The molecule has 0 amide bonds. The molecule has 0 radical (unpaired) electrons. The third-order valence-corrected chi connectivity index (χ3v) is 5.33. The smallest absolute Gasteiger partial charge is 0.370 e. The Morgan fingerprint density at radius 1 is 1.19 bits per heavy atom. The SMILES string of the molecule is CN=C(NCc1nccc2ccccc12)N1CCOC(c2cccc(C(F)(F)F)c2)C1. The van der Waals surface area contributed by atoms with Crippen LogP contribution < -0.4 is 5.32 Å². The fourth-order valence-corrected chi connectivity index (χ4v) is 3.78. The molecule has 0 saturated carbocycles. The molecule has 1 saturated heterocycles. The van der Waals surface area contributed by atoms with Gasteiger partial charge in [0.05, 0.1) is 31.0 Å². The van der Waals surface area contributed by atoms with Gasteiger partial charge in [0.1, 0.15) is 6.10 Å². The van der Waals surface area contributed by atoms with Crippen LogP contribution in [0.5, 0.6) is 0 Å². The Bertz CT molecular complexity index is 1080. The summed E-state index contributed by atoms with van der Waals surface area (Å²) >= 11 is 0. The molecular formula is C23H23F3N4O. The predicted octanol–water partition coefficient (Wildman–Crippen LogP) is 4.40. The molecule has 1 unspecified atom stereocenters. The number of alkyl halides is 3. The predicted molar refractivity (Wildman–Crippen MR) is 114 cm³/mol. The minimum atomic E-state index is -4.38. The van der Waals surface area contributed by atoms with E-state index in [1.165, 1.54) is 6.07 Å². The lowest BCUT2D eigenvalue weighted by Gasteiger charge is -2.35. The number of nitrogens with one attached hydrogen (secondary N) is 1. The van der Waals surface area contributed by atoms with Crippen molar-refractivity contribution in [2.75, 3.05) is 26.7 Å². The van der Waals surface area contributed by atoms with Crippen LogP contribution in [0.15, 0.2) is 65.8 Å². The third-order valence-electron chi connectivity index (χ3n) is 5.33. The number of fused-ring (bicyclic) bond motifs is 1. The van der Waals surface area contributed by atoms with Gasteiger partial charge < -0.3 is 15.0 Å². The summed E-state index contributed by atoms with van der Waals surface area (Å²) in [6.07, 6.45) is -3.07. The van der Waals surface area contributed by atoms with Gasteiger partial charge in [-0.25, -0.2) is 0 Å². The maximum absolute atomic E-state index is 13.1. The standard InChI is InChI=1S/C23H23F3N4O/c1-27-22(29-14-20-19-8-3-2-5-16(19)9-10-28-20)30-11-12-31-21(15-30)17-6-4-7-18(13-17)23(24,25)26/h2-10,13,21H,11-12,14-15H2,1H3,(H,27,29). The first-order valence-corrected chi connectivity index (χ1v) is 10.0. The number of nitrogens with zero attached hydrogens (tertiary/aromatic N) is 3. The second-order valence-corrected chi connectivity index (χ2v) is 7.31. The van der Waals surface area contributed by atoms with E-state index in [-0.39, 0.29) is 0 Å².